The van der Waals surface area contributed by atoms with Crippen molar-refractivity contribution in [1.29, 1.82) is 0 Å². The molecule has 1 aliphatic carbocycles. The van der Waals surface area contributed by atoms with Gasteiger partial charge in [-0.15, -0.1) is 0 Å². The van der Waals surface area contributed by atoms with E-state index in [1.165, 1.54) is 10.6 Å². The molecule has 3 fully saturated rings. The van der Waals surface area contributed by atoms with E-state index in [9.17, 15) is 23.6 Å². The smallest absolute Gasteiger partial charge is 0.333 e. The molecule has 0 unspecified atom stereocenters. The van der Waals surface area contributed by atoms with E-state index < -0.39 is 17.4 Å². The van der Waals surface area contributed by atoms with Crippen LogP contribution in [0, 0.1) is 5.82 Å². The van der Waals surface area contributed by atoms with Crippen LogP contribution < -0.4 is 21.9 Å². The van der Waals surface area contributed by atoms with Gasteiger partial charge in [0.2, 0.25) is 11.8 Å². The number of hydrogen-bond donors (Lipinski definition) is 2. The summed E-state index contributed by atoms with van der Waals surface area (Å²) in [6, 6.07) is 0.219. The number of pyridine rings is 1. The third kappa shape index (κ3) is 4.37. The van der Waals surface area contributed by atoms with Crippen molar-refractivity contribution in [2.24, 2.45) is 0 Å². The molecule has 0 spiro atoms. The number of fused-ring (bicyclic) bond motifs is 1. The minimum atomic E-state index is -0.606. The molecular formula is C23H28FN5O4S. The lowest BCUT2D eigenvalue weighted by atomic mass is 9.90. The standard InChI is InChI=1S/C23H28FN5O4S/c24-13-11-17-20(25-12-13)28(16-7-9-34-10-8-16)23(33)29(22(17)32)15-3-1-14(2-4-15)26-21(31)18-5-6-19(30)27-18/h11-12,14-16,18H,1-10H2,(H,26,31)(H,27,30)/t14?,15?,18-/m0/s1. The number of amides is 2. The highest BCUT2D eigenvalue weighted by molar-refractivity contribution is 7.99. The fraction of sp³-hybridized carbons (Fsp3) is 0.609. The van der Waals surface area contributed by atoms with Gasteiger partial charge in [-0.25, -0.2) is 14.2 Å². The Hall–Kier alpha value is -2.69. The van der Waals surface area contributed by atoms with E-state index in [0.717, 1.165) is 30.5 Å². The van der Waals surface area contributed by atoms with Crippen molar-refractivity contribution in [3.8, 4) is 0 Å². The first-order valence-corrected chi connectivity index (χ1v) is 13.1. The Morgan fingerprint density at radius 2 is 1.74 bits per heavy atom. The van der Waals surface area contributed by atoms with E-state index in [4.69, 9.17) is 0 Å². The molecule has 182 valence electrons. The summed E-state index contributed by atoms with van der Waals surface area (Å²) in [7, 11) is 0. The average Bonchev–Trinajstić information content (AvgIpc) is 3.28. The van der Waals surface area contributed by atoms with Crippen molar-refractivity contribution < 1.29 is 14.0 Å². The van der Waals surface area contributed by atoms with E-state index in [-0.39, 0.29) is 46.7 Å². The number of nitrogens with one attached hydrogen (secondary N) is 2. The first kappa shape index (κ1) is 23.1. The second kappa shape index (κ2) is 9.52. The van der Waals surface area contributed by atoms with Gasteiger partial charge in [-0.2, -0.15) is 11.8 Å². The van der Waals surface area contributed by atoms with Gasteiger partial charge in [0.15, 0.2) is 0 Å². The van der Waals surface area contributed by atoms with Crippen LogP contribution in [0.15, 0.2) is 21.9 Å². The van der Waals surface area contributed by atoms with Gasteiger partial charge in [0, 0.05) is 24.5 Å². The lowest BCUT2D eigenvalue weighted by Crippen LogP contribution is -2.49. The molecule has 3 aliphatic rings. The van der Waals surface area contributed by atoms with Crippen LogP contribution in [0.2, 0.25) is 0 Å². The quantitative estimate of drug-likeness (QED) is 0.675. The van der Waals surface area contributed by atoms with Crippen molar-refractivity contribution >= 4 is 34.6 Å². The monoisotopic (exact) mass is 489 g/mol. The maximum Gasteiger partial charge on any atom is 0.333 e. The number of carbonyl (C=O) groups is 2. The molecule has 1 saturated carbocycles. The van der Waals surface area contributed by atoms with Crippen LogP contribution in [0.1, 0.15) is 63.5 Å². The van der Waals surface area contributed by atoms with Crippen LogP contribution in [-0.2, 0) is 9.59 Å². The van der Waals surface area contributed by atoms with Gasteiger partial charge in [0.25, 0.3) is 5.56 Å². The predicted octanol–water partition coefficient (Wildman–Crippen LogP) is 1.64. The van der Waals surface area contributed by atoms with Crippen LogP contribution in [0.4, 0.5) is 4.39 Å². The molecule has 1 atom stereocenters. The zero-order valence-electron chi connectivity index (χ0n) is 18.8. The minimum Gasteiger partial charge on any atom is -0.352 e. The van der Waals surface area contributed by atoms with Gasteiger partial charge in [-0.05, 0) is 62.5 Å². The fourth-order valence-corrected chi connectivity index (χ4v) is 6.47. The Kier molecular flexibility index (Phi) is 6.46. The summed E-state index contributed by atoms with van der Waals surface area (Å²) in [5.74, 6) is 0.941. The highest BCUT2D eigenvalue weighted by atomic mass is 32.2. The molecule has 0 radical (unpaired) electrons. The highest BCUT2D eigenvalue weighted by Gasteiger charge is 2.32. The molecule has 34 heavy (non-hydrogen) atoms. The van der Waals surface area contributed by atoms with E-state index in [2.05, 4.69) is 15.6 Å². The van der Waals surface area contributed by atoms with Gasteiger partial charge in [0.1, 0.15) is 17.5 Å². The molecule has 2 saturated heterocycles. The zero-order chi connectivity index (χ0) is 23.8. The zero-order valence-corrected chi connectivity index (χ0v) is 19.6. The van der Waals surface area contributed by atoms with Crippen LogP contribution >= 0.6 is 11.8 Å². The first-order valence-electron chi connectivity index (χ1n) is 11.9. The maximum atomic E-state index is 14.0. The molecule has 2 N–H and O–H groups in total. The number of halogens is 1. The lowest BCUT2D eigenvalue weighted by Gasteiger charge is -2.32. The molecule has 2 aromatic heterocycles. The summed E-state index contributed by atoms with van der Waals surface area (Å²) >= 11 is 1.83. The van der Waals surface area contributed by atoms with Crippen molar-refractivity contribution in [1.82, 2.24) is 24.8 Å². The Bertz CT molecular complexity index is 1230. The SMILES string of the molecule is O=C1CC[C@@H](C(=O)NC2CCC(n3c(=O)c4cc(F)cnc4n(C4CCSCC4)c3=O)CC2)N1. The molecule has 4 heterocycles. The largest absolute Gasteiger partial charge is 0.352 e. The number of nitrogens with zero attached hydrogens (tertiary/aromatic N) is 3. The molecule has 2 aromatic rings. The number of aromatic nitrogens is 3. The number of hydrogen-bond acceptors (Lipinski definition) is 6. The van der Waals surface area contributed by atoms with Gasteiger partial charge in [-0.1, -0.05) is 0 Å². The summed E-state index contributed by atoms with van der Waals surface area (Å²) in [4.78, 5) is 54.9. The van der Waals surface area contributed by atoms with Gasteiger partial charge in [-0.3, -0.25) is 23.5 Å². The molecule has 2 amide bonds. The molecule has 0 bridgehead atoms. The number of carbonyl (C=O) groups excluding carboxylic acids is 2. The fourth-order valence-electron chi connectivity index (χ4n) is 5.39. The number of thioether (sulfide) groups is 1. The lowest BCUT2D eigenvalue weighted by molar-refractivity contribution is -0.126. The van der Waals surface area contributed by atoms with Crippen LogP contribution in [0.3, 0.4) is 0 Å². The van der Waals surface area contributed by atoms with E-state index in [1.54, 1.807) is 4.57 Å². The second-order valence-electron chi connectivity index (χ2n) is 9.37. The average molecular weight is 490 g/mol. The van der Waals surface area contributed by atoms with E-state index in [1.807, 2.05) is 11.8 Å². The molecule has 5 rings (SSSR count). The predicted molar refractivity (Wildman–Crippen MR) is 126 cm³/mol. The third-order valence-corrected chi connectivity index (χ3v) is 8.25. The third-order valence-electron chi connectivity index (χ3n) is 7.20. The van der Waals surface area contributed by atoms with Crippen molar-refractivity contribution in [2.45, 2.75) is 75.5 Å². The minimum absolute atomic E-state index is 0.0710. The van der Waals surface area contributed by atoms with Crippen molar-refractivity contribution in [3.05, 3.63) is 38.9 Å². The van der Waals surface area contributed by atoms with Gasteiger partial charge in [0.05, 0.1) is 11.6 Å². The van der Waals surface area contributed by atoms with Gasteiger partial charge >= 0.3 is 5.69 Å². The van der Waals surface area contributed by atoms with Crippen molar-refractivity contribution in [3.63, 3.8) is 0 Å². The van der Waals surface area contributed by atoms with Crippen LogP contribution in [0.25, 0.3) is 11.0 Å². The normalized spacial score (nSPS) is 25.9. The van der Waals surface area contributed by atoms with Crippen molar-refractivity contribution in [2.75, 3.05) is 11.5 Å². The van der Waals surface area contributed by atoms with E-state index in [0.29, 0.717) is 38.5 Å². The summed E-state index contributed by atoms with van der Waals surface area (Å²) in [5.41, 5.74) is -0.631. The molecule has 0 aromatic carbocycles. The van der Waals surface area contributed by atoms with Crippen LogP contribution in [0.5, 0.6) is 0 Å². The Labute approximate surface area is 199 Å². The molecule has 11 heteroatoms. The molecular weight excluding hydrogens is 461 g/mol. The molecule has 9 nitrogen and oxygen atoms in total. The van der Waals surface area contributed by atoms with Crippen LogP contribution in [-0.4, -0.2) is 49.5 Å². The Morgan fingerprint density at radius 1 is 1.03 bits per heavy atom. The molecule has 2 aliphatic heterocycles. The summed E-state index contributed by atoms with van der Waals surface area (Å²) in [6.45, 7) is 0. The number of rotatable bonds is 4. The maximum absolute atomic E-state index is 14.0. The van der Waals surface area contributed by atoms with Gasteiger partial charge < -0.3 is 10.6 Å². The summed E-state index contributed by atoms with van der Waals surface area (Å²) in [5, 5.41) is 5.80. The summed E-state index contributed by atoms with van der Waals surface area (Å²) < 4.78 is 16.9. The Balaban J connectivity index is 1.40. The van der Waals surface area contributed by atoms with E-state index >= 15 is 0 Å². The Morgan fingerprint density at radius 3 is 2.41 bits per heavy atom. The topological polar surface area (TPSA) is 115 Å². The highest BCUT2D eigenvalue weighted by Crippen LogP contribution is 2.30. The second-order valence-corrected chi connectivity index (χ2v) is 10.6. The first-order chi connectivity index (χ1) is 16.4. The summed E-state index contributed by atoms with van der Waals surface area (Å²) in [6.07, 6.45) is 5.83.